The van der Waals surface area contributed by atoms with Gasteiger partial charge in [0.25, 0.3) is 5.91 Å². The number of pyridine rings is 1. The molecule has 186 valence electrons. The largest absolute Gasteiger partial charge is 0.452 e. The highest BCUT2D eigenvalue weighted by Gasteiger charge is 2.44. The van der Waals surface area contributed by atoms with Crippen LogP contribution < -0.4 is 0 Å². The number of allylic oxidation sites excluding steroid dienone is 1. The van der Waals surface area contributed by atoms with Crippen molar-refractivity contribution in [3.8, 4) is 0 Å². The Kier molecular flexibility index (Phi) is 6.44. The first kappa shape index (κ1) is 23.8. The van der Waals surface area contributed by atoms with Crippen molar-refractivity contribution in [1.82, 2.24) is 9.99 Å². The van der Waals surface area contributed by atoms with Crippen LogP contribution in [0.15, 0.2) is 76.0 Å². The van der Waals surface area contributed by atoms with E-state index >= 15 is 0 Å². The summed E-state index contributed by atoms with van der Waals surface area (Å²) in [7, 11) is 0. The number of benzene rings is 1. The first-order valence-electron chi connectivity index (χ1n) is 12.3. The summed E-state index contributed by atoms with van der Waals surface area (Å²) in [5.41, 5.74) is 4.02. The molecule has 3 aromatic heterocycles. The van der Waals surface area contributed by atoms with Crippen molar-refractivity contribution >= 4 is 57.2 Å². The molecule has 8 heteroatoms. The molecule has 0 bridgehead atoms. The van der Waals surface area contributed by atoms with Crippen molar-refractivity contribution in [3.05, 3.63) is 91.9 Å². The predicted molar refractivity (Wildman–Crippen MR) is 148 cm³/mol. The molecule has 0 unspecified atom stereocenters. The van der Waals surface area contributed by atoms with Crippen LogP contribution in [-0.4, -0.2) is 34.2 Å². The Morgan fingerprint density at radius 2 is 1.95 bits per heavy atom. The third-order valence-corrected chi connectivity index (χ3v) is 8.60. The quantitative estimate of drug-likeness (QED) is 0.273. The van der Waals surface area contributed by atoms with Gasteiger partial charge in [0.2, 0.25) is 0 Å². The third-order valence-electron chi connectivity index (χ3n) is 6.84. The maximum Gasteiger partial charge on any atom is 0.339 e. The van der Waals surface area contributed by atoms with Crippen LogP contribution in [0.2, 0.25) is 0 Å². The van der Waals surface area contributed by atoms with Crippen LogP contribution in [0.25, 0.3) is 17.0 Å². The van der Waals surface area contributed by atoms with E-state index in [0.717, 1.165) is 41.1 Å². The minimum absolute atomic E-state index is 0.130. The van der Waals surface area contributed by atoms with Crippen LogP contribution in [0.3, 0.4) is 0 Å². The number of esters is 1. The van der Waals surface area contributed by atoms with Gasteiger partial charge in [0.15, 0.2) is 6.61 Å². The molecule has 0 spiro atoms. The highest BCUT2D eigenvalue weighted by Crippen LogP contribution is 2.45. The molecule has 2 aliphatic rings. The minimum atomic E-state index is -0.537. The maximum atomic E-state index is 13.5. The highest BCUT2D eigenvalue weighted by molar-refractivity contribution is 7.11. The number of fused-ring (bicyclic) bond motifs is 2. The Bertz CT molecular complexity index is 1520. The van der Waals surface area contributed by atoms with Gasteiger partial charge >= 0.3 is 5.97 Å². The van der Waals surface area contributed by atoms with E-state index in [2.05, 4.69) is 28.6 Å². The number of aryl methyl sites for hydroxylation is 1. The van der Waals surface area contributed by atoms with E-state index in [1.165, 1.54) is 10.5 Å². The molecule has 4 heterocycles. The van der Waals surface area contributed by atoms with Gasteiger partial charge in [-0.15, -0.1) is 22.7 Å². The first-order valence-corrected chi connectivity index (χ1v) is 14.1. The van der Waals surface area contributed by atoms with E-state index < -0.39 is 5.97 Å². The van der Waals surface area contributed by atoms with E-state index in [0.29, 0.717) is 10.9 Å². The van der Waals surface area contributed by atoms with Gasteiger partial charge in [-0.25, -0.2) is 9.80 Å². The summed E-state index contributed by atoms with van der Waals surface area (Å²) >= 11 is 3.32. The van der Waals surface area contributed by atoms with Crippen molar-refractivity contribution in [1.29, 1.82) is 0 Å². The number of thiophene rings is 2. The molecule has 1 amide bonds. The van der Waals surface area contributed by atoms with Gasteiger partial charge in [-0.2, -0.15) is 5.10 Å². The zero-order chi connectivity index (χ0) is 25.4. The summed E-state index contributed by atoms with van der Waals surface area (Å²) < 4.78 is 5.56. The Balaban J connectivity index is 1.27. The second kappa shape index (κ2) is 10.0. The number of carbonyl (C=O) groups excluding carboxylic acids is 2. The van der Waals surface area contributed by atoms with E-state index in [1.54, 1.807) is 33.7 Å². The number of ether oxygens (including phenoxy) is 1. The zero-order valence-corrected chi connectivity index (χ0v) is 21.9. The first-order chi connectivity index (χ1) is 18.1. The van der Waals surface area contributed by atoms with Gasteiger partial charge in [0.05, 0.1) is 22.8 Å². The SMILES string of the molecule is Cc1cc(C(=O)OCC(=O)N2N=C3/C(=C\c4cccs4)CCC[C@@H]3[C@H]2c2cccs2)c2ccccc2n1. The number of hydrazone groups is 1. The molecule has 1 aliphatic carbocycles. The molecule has 6 nitrogen and oxygen atoms in total. The molecule has 1 aliphatic heterocycles. The van der Waals surface area contributed by atoms with E-state index in [-0.39, 0.29) is 24.5 Å². The average Bonchev–Trinajstić information content (AvgIpc) is 3.68. The average molecular weight is 528 g/mol. The predicted octanol–water partition coefficient (Wildman–Crippen LogP) is 6.65. The van der Waals surface area contributed by atoms with Gasteiger partial charge in [-0.1, -0.05) is 30.3 Å². The molecule has 0 saturated heterocycles. The van der Waals surface area contributed by atoms with Crippen molar-refractivity contribution in [2.45, 2.75) is 32.2 Å². The second-order valence-corrected chi connectivity index (χ2v) is 11.2. The fourth-order valence-electron chi connectivity index (χ4n) is 5.24. The summed E-state index contributed by atoms with van der Waals surface area (Å²) in [6, 6.07) is 17.2. The normalized spacial score (nSPS) is 20.2. The molecule has 0 N–H and O–H groups in total. The van der Waals surface area contributed by atoms with Crippen molar-refractivity contribution < 1.29 is 14.3 Å². The minimum Gasteiger partial charge on any atom is -0.452 e. The number of para-hydroxylation sites is 1. The van der Waals surface area contributed by atoms with Crippen LogP contribution in [-0.2, 0) is 9.53 Å². The lowest BCUT2D eigenvalue weighted by atomic mass is 9.79. The maximum absolute atomic E-state index is 13.5. The Labute approximate surface area is 222 Å². The van der Waals surface area contributed by atoms with Crippen molar-refractivity contribution in [2.75, 3.05) is 6.61 Å². The molecule has 2 atom stereocenters. The molecule has 1 saturated carbocycles. The number of rotatable bonds is 5. The molecule has 6 rings (SSSR count). The van der Waals surface area contributed by atoms with E-state index in [4.69, 9.17) is 9.84 Å². The van der Waals surface area contributed by atoms with Crippen LogP contribution in [0.4, 0.5) is 0 Å². The number of aromatic nitrogens is 1. The number of amides is 1. The van der Waals surface area contributed by atoms with Crippen LogP contribution >= 0.6 is 22.7 Å². The van der Waals surface area contributed by atoms with Gasteiger partial charge in [0, 0.05) is 26.8 Å². The third kappa shape index (κ3) is 4.63. The molecular formula is C29H25N3O3S2. The van der Waals surface area contributed by atoms with Gasteiger partial charge in [-0.05, 0) is 72.9 Å². The Morgan fingerprint density at radius 3 is 2.76 bits per heavy atom. The van der Waals surface area contributed by atoms with E-state index in [9.17, 15) is 9.59 Å². The van der Waals surface area contributed by atoms with Crippen molar-refractivity contribution in [2.24, 2.45) is 11.0 Å². The number of carbonyl (C=O) groups is 2. The smallest absolute Gasteiger partial charge is 0.339 e. The molecule has 0 radical (unpaired) electrons. The highest BCUT2D eigenvalue weighted by atomic mass is 32.1. The summed E-state index contributed by atoms with van der Waals surface area (Å²) in [6.07, 6.45) is 5.16. The summed E-state index contributed by atoms with van der Waals surface area (Å²) in [6.45, 7) is 1.47. The van der Waals surface area contributed by atoms with Crippen LogP contribution in [0, 0.1) is 12.8 Å². The lowest BCUT2D eigenvalue weighted by Gasteiger charge is -2.28. The van der Waals surface area contributed by atoms with Gasteiger partial charge in [0.1, 0.15) is 0 Å². The van der Waals surface area contributed by atoms with Crippen LogP contribution in [0.5, 0.6) is 0 Å². The Morgan fingerprint density at radius 1 is 1.11 bits per heavy atom. The second-order valence-electron chi connectivity index (χ2n) is 9.27. The zero-order valence-electron chi connectivity index (χ0n) is 20.3. The molecule has 37 heavy (non-hydrogen) atoms. The van der Waals surface area contributed by atoms with Gasteiger partial charge in [-0.3, -0.25) is 9.78 Å². The molecule has 1 aromatic carbocycles. The fourth-order valence-corrected chi connectivity index (χ4v) is 6.79. The monoisotopic (exact) mass is 527 g/mol. The standard InChI is InChI=1S/C29H25N3O3S2/c1-18-15-23(21-9-2-3-11-24(21)30-18)29(34)35-17-26(33)32-28(25-12-6-14-37-25)22-10-4-7-19(27(22)31-32)16-20-8-5-13-36-20/h2-3,5-6,8-9,11-16,22,28H,4,7,10,17H2,1H3/b19-16-/t22-,28-/m0/s1. The summed E-state index contributed by atoms with van der Waals surface area (Å²) in [4.78, 5) is 33.3. The van der Waals surface area contributed by atoms with Crippen molar-refractivity contribution in [3.63, 3.8) is 0 Å². The lowest BCUT2D eigenvalue weighted by molar-refractivity contribution is -0.136. The van der Waals surface area contributed by atoms with Crippen LogP contribution in [0.1, 0.15) is 51.1 Å². The Hall–Kier alpha value is -3.62. The summed E-state index contributed by atoms with van der Waals surface area (Å²) in [5.74, 6) is -0.727. The number of hydrogen-bond acceptors (Lipinski definition) is 7. The lowest BCUT2D eigenvalue weighted by Crippen LogP contribution is -2.34. The summed E-state index contributed by atoms with van der Waals surface area (Å²) in [5, 5.41) is 11.2. The number of nitrogens with zero attached hydrogens (tertiary/aromatic N) is 3. The van der Waals surface area contributed by atoms with Gasteiger partial charge < -0.3 is 4.74 Å². The topological polar surface area (TPSA) is 71.9 Å². The molecule has 4 aromatic rings. The number of hydrogen-bond donors (Lipinski definition) is 0. The fraction of sp³-hybridized carbons (Fsp3) is 0.241. The molecule has 1 fully saturated rings. The van der Waals surface area contributed by atoms with E-state index in [1.807, 2.05) is 48.7 Å². The molecular weight excluding hydrogens is 502 g/mol.